The van der Waals surface area contributed by atoms with E-state index in [4.69, 9.17) is 9.47 Å². The van der Waals surface area contributed by atoms with Gasteiger partial charge in [-0.1, -0.05) is 0 Å². The summed E-state index contributed by atoms with van der Waals surface area (Å²) in [5, 5.41) is 0. The fourth-order valence-electron chi connectivity index (χ4n) is 3.23. The highest BCUT2D eigenvalue weighted by atomic mass is 16.5. The number of aromatic nitrogens is 1. The molecule has 0 radical (unpaired) electrons. The van der Waals surface area contributed by atoms with Gasteiger partial charge in [0.15, 0.2) is 0 Å². The molecule has 8 heteroatoms. The molecule has 1 atom stereocenters. The Morgan fingerprint density at radius 3 is 2.56 bits per heavy atom. The summed E-state index contributed by atoms with van der Waals surface area (Å²) in [5.41, 5.74) is 0. The van der Waals surface area contributed by atoms with Crippen LogP contribution in [0.5, 0.6) is 5.75 Å². The van der Waals surface area contributed by atoms with Gasteiger partial charge in [-0.2, -0.15) is 0 Å². The second-order valence-corrected chi connectivity index (χ2v) is 6.17. The van der Waals surface area contributed by atoms with Crippen molar-refractivity contribution < 1.29 is 19.1 Å². The van der Waals surface area contributed by atoms with Gasteiger partial charge in [0.25, 0.3) is 0 Å². The van der Waals surface area contributed by atoms with E-state index in [1.165, 1.54) is 6.92 Å². The summed E-state index contributed by atoms with van der Waals surface area (Å²) in [4.78, 5) is 34.5. The van der Waals surface area contributed by atoms with Gasteiger partial charge in [0, 0.05) is 39.6 Å². The Morgan fingerprint density at radius 1 is 1.20 bits per heavy atom. The predicted octanol–water partition coefficient (Wildman–Crippen LogP) is -0.0139. The van der Waals surface area contributed by atoms with Gasteiger partial charge in [-0.05, 0) is 12.1 Å². The van der Waals surface area contributed by atoms with Crippen LogP contribution < -0.4 is 9.64 Å². The van der Waals surface area contributed by atoms with Crippen molar-refractivity contribution in [3.8, 4) is 5.75 Å². The molecule has 0 N–H and O–H groups in total. The zero-order valence-corrected chi connectivity index (χ0v) is 14.7. The van der Waals surface area contributed by atoms with Crippen LogP contribution in [0.4, 0.5) is 5.82 Å². The highest BCUT2D eigenvalue weighted by Gasteiger charge is 2.35. The Bertz CT molecular complexity index is 614. The van der Waals surface area contributed by atoms with Gasteiger partial charge in [0.05, 0.1) is 26.5 Å². The number of ether oxygens (including phenoxy) is 2. The topological polar surface area (TPSA) is 75.2 Å². The van der Waals surface area contributed by atoms with E-state index in [-0.39, 0.29) is 18.4 Å². The zero-order valence-electron chi connectivity index (χ0n) is 14.7. The van der Waals surface area contributed by atoms with E-state index in [2.05, 4.69) is 9.88 Å². The van der Waals surface area contributed by atoms with Crippen LogP contribution >= 0.6 is 0 Å². The van der Waals surface area contributed by atoms with E-state index < -0.39 is 6.04 Å². The summed E-state index contributed by atoms with van der Waals surface area (Å²) in [6, 6.07) is 3.30. The van der Waals surface area contributed by atoms with Gasteiger partial charge in [0.2, 0.25) is 11.8 Å². The number of anilines is 1. The summed E-state index contributed by atoms with van der Waals surface area (Å²) in [5.74, 6) is 1.48. The second-order valence-electron chi connectivity index (χ2n) is 6.17. The first-order valence-corrected chi connectivity index (χ1v) is 8.49. The van der Waals surface area contributed by atoms with Crippen molar-refractivity contribution in [2.24, 2.45) is 0 Å². The molecular weight excluding hydrogens is 324 g/mol. The van der Waals surface area contributed by atoms with Crippen LogP contribution in [-0.2, 0) is 14.3 Å². The van der Waals surface area contributed by atoms with Gasteiger partial charge in [-0.15, -0.1) is 0 Å². The highest BCUT2D eigenvalue weighted by molar-refractivity contribution is 5.87. The van der Waals surface area contributed by atoms with Crippen molar-refractivity contribution in [1.29, 1.82) is 0 Å². The number of carbonyl (C=O) groups excluding carboxylic acids is 2. The van der Waals surface area contributed by atoms with Crippen molar-refractivity contribution in [2.45, 2.75) is 13.0 Å². The number of methoxy groups -OCH3 is 1. The van der Waals surface area contributed by atoms with E-state index in [1.54, 1.807) is 18.2 Å². The Balaban J connectivity index is 1.59. The van der Waals surface area contributed by atoms with Crippen molar-refractivity contribution in [1.82, 2.24) is 14.8 Å². The normalized spacial score (nSPS) is 21.2. The Kier molecular flexibility index (Phi) is 5.37. The Morgan fingerprint density at radius 2 is 1.96 bits per heavy atom. The number of nitrogens with zero attached hydrogens (tertiary/aromatic N) is 4. The van der Waals surface area contributed by atoms with E-state index in [9.17, 15) is 9.59 Å². The van der Waals surface area contributed by atoms with Crippen molar-refractivity contribution >= 4 is 17.6 Å². The average molecular weight is 348 g/mol. The van der Waals surface area contributed by atoms with Gasteiger partial charge in [-0.25, -0.2) is 4.98 Å². The SMILES string of the molecule is COc1ccc(N2CCN(C(=O)C3COCCN3C(C)=O)CC2)nc1. The van der Waals surface area contributed by atoms with Crippen LogP contribution in [0.1, 0.15) is 6.92 Å². The van der Waals surface area contributed by atoms with Gasteiger partial charge in [0.1, 0.15) is 17.6 Å². The molecule has 25 heavy (non-hydrogen) atoms. The first-order chi connectivity index (χ1) is 12.1. The minimum absolute atomic E-state index is 0.0303. The molecule has 3 rings (SSSR count). The molecule has 2 saturated heterocycles. The van der Waals surface area contributed by atoms with Gasteiger partial charge < -0.3 is 24.2 Å². The van der Waals surface area contributed by atoms with Crippen LogP contribution in [0.25, 0.3) is 0 Å². The number of amides is 2. The molecule has 0 spiro atoms. The third-order valence-electron chi connectivity index (χ3n) is 4.69. The molecule has 2 aliphatic heterocycles. The quantitative estimate of drug-likeness (QED) is 0.765. The van der Waals surface area contributed by atoms with Crippen LogP contribution in [0, 0.1) is 0 Å². The summed E-state index contributed by atoms with van der Waals surface area (Å²) >= 11 is 0. The molecule has 2 amide bonds. The lowest BCUT2D eigenvalue weighted by atomic mass is 10.1. The minimum atomic E-state index is -0.503. The summed E-state index contributed by atoms with van der Waals surface area (Å²) in [7, 11) is 1.61. The van der Waals surface area contributed by atoms with Crippen LogP contribution in [0.15, 0.2) is 18.3 Å². The number of piperazine rings is 1. The highest BCUT2D eigenvalue weighted by Crippen LogP contribution is 2.18. The molecule has 0 aromatic carbocycles. The first kappa shape index (κ1) is 17.5. The Labute approximate surface area is 147 Å². The van der Waals surface area contributed by atoms with E-state index in [0.29, 0.717) is 39.3 Å². The number of rotatable bonds is 3. The molecule has 8 nitrogen and oxygen atoms in total. The number of morpholine rings is 1. The number of pyridine rings is 1. The van der Waals surface area contributed by atoms with Crippen LogP contribution in [0.3, 0.4) is 0 Å². The third-order valence-corrected chi connectivity index (χ3v) is 4.69. The molecule has 1 aromatic rings. The lowest BCUT2D eigenvalue weighted by Gasteiger charge is -2.40. The van der Waals surface area contributed by atoms with Gasteiger partial charge in [-0.3, -0.25) is 9.59 Å². The monoisotopic (exact) mass is 348 g/mol. The average Bonchev–Trinajstić information content (AvgIpc) is 2.67. The maximum Gasteiger partial charge on any atom is 0.247 e. The molecule has 1 aromatic heterocycles. The molecule has 136 valence electrons. The minimum Gasteiger partial charge on any atom is -0.495 e. The molecule has 0 saturated carbocycles. The van der Waals surface area contributed by atoms with Gasteiger partial charge >= 0.3 is 0 Å². The predicted molar refractivity (Wildman–Crippen MR) is 91.6 cm³/mol. The zero-order chi connectivity index (χ0) is 17.8. The van der Waals surface area contributed by atoms with E-state index >= 15 is 0 Å². The van der Waals surface area contributed by atoms with Crippen molar-refractivity contribution in [3.63, 3.8) is 0 Å². The number of hydrogen-bond acceptors (Lipinski definition) is 6. The molecule has 0 bridgehead atoms. The Hall–Kier alpha value is -2.35. The standard InChI is InChI=1S/C17H24N4O4/c1-13(22)21-9-10-25-12-15(21)17(23)20-7-5-19(6-8-20)16-4-3-14(24-2)11-18-16/h3-4,11,15H,5-10,12H2,1-2H3. The first-order valence-electron chi connectivity index (χ1n) is 8.49. The maximum atomic E-state index is 12.8. The number of carbonyl (C=O) groups is 2. The van der Waals surface area contributed by atoms with Crippen LogP contribution in [0.2, 0.25) is 0 Å². The van der Waals surface area contributed by atoms with Crippen LogP contribution in [-0.4, -0.2) is 85.7 Å². The molecule has 0 aliphatic carbocycles. The van der Waals surface area contributed by atoms with Crippen molar-refractivity contribution in [2.75, 3.05) is 57.9 Å². The molecular formula is C17H24N4O4. The molecule has 2 fully saturated rings. The summed E-state index contributed by atoms with van der Waals surface area (Å²) in [6.45, 7) is 5.36. The largest absolute Gasteiger partial charge is 0.495 e. The molecule has 2 aliphatic rings. The third kappa shape index (κ3) is 3.84. The second kappa shape index (κ2) is 7.69. The fraction of sp³-hybridized carbons (Fsp3) is 0.588. The molecule has 3 heterocycles. The fourth-order valence-corrected chi connectivity index (χ4v) is 3.23. The lowest BCUT2D eigenvalue weighted by Crippen LogP contribution is -2.59. The van der Waals surface area contributed by atoms with Crippen molar-refractivity contribution in [3.05, 3.63) is 18.3 Å². The summed E-state index contributed by atoms with van der Waals surface area (Å²) in [6.07, 6.45) is 1.69. The van der Waals surface area contributed by atoms with E-state index in [0.717, 1.165) is 11.6 Å². The molecule has 1 unspecified atom stereocenters. The maximum absolute atomic E-state index is 12.8. The van der Waals surface area contributed by atoms with E-state index in [1.807, 2.05) is 17.0 Å². The smallest absolute Gasteiger partial charge is 0.247 e. The number of hydrogen-bond donors (Lipinski definition) is 0. The lowest BCUT2D eigenvalue weighted by molar-refractivity contribution is -0.153. The summed E-state index contributed by atoms with van der Waals surface area (Å²) < 4.78 is 10.5.